The molecule has 5 heteroatoms. The molecule has 1 amide bonds. The fraction of sp³-hybridized carbons (Fsp3) is 0.923. The van der Waals surface area contributed by atoms with Crippen molar-refractivity contribution < 1.29 is 14.6 Å². The van der Waals surface area contributed by atoms with Crippen LogP contribution < -0.4 is 10.6 Å². The molecule has 108 valence electrons. The van der Waals surface area contributed by atoms with Crippen LogP contribution in [0.2, 0.25) is 0 Å². The molecule has 2 unspecified atom stereocenters. The molecular weight excluding hydrogens is 232 g/mol. The van der Waals surface area contributed by atoms with Crippen LogP contribution in [0.1, 0.15) is 41.5 Å². The molecule has 0 aliphatic heterocycles. The molecule has 0 aromatic rings. The van der Waals surface area contributed by atoms with Crippen LogP contribution in [0.5, 0.6) is 0 Å². The van der Waals surface area contributed by atoms with Crippen molar-refractivity contribution in [2.45, 2.75) is 65.3 Å². The fourth-order valence-electron chi connectivity index (χ4n) is 1.22. The summed E-state index contributed by atoms with van der Waals surface area (Å²) in [4.78, 5) is 11.6. The maximum absolute atomic E-state index is 11.6. The number of carbonyl (C=O) groups is 1. The highest BCUT2D eigenvalue weighted by Crippen LogP contribution is 2.06. The summed E-state index contributed by atoms with van der Waals surface area (Å²) in [5.74, 6) is -0.0612. The first-order chi connectivity index (χ1) is 8.11. The van der Waals surface area contributed by atoms with Crippen molar-refractivity contribution in [3.8, 4) is 0 Å². The van der Waals surface area contributed by atoms with E-state index in [1.807, 2.05) is 34.6 Å². The predicted molar refractivity (Wildman–Crippen MR) is 72.5 cm³/mol. The minimum Gasteiger partial charge on any atom is -0.389 e. The van der Waals surface area contributed by atoms with Gasteiger partial charge in [-0.1, -0.05) is 0 Å². The van der Waals surface area contributed by atoms with Crippen LogP contribution in [0.3, 0.4) is 0 Å². The van der Waals surface area contributed by atoms with E-state index in [4.69, 9.17) is 4.74 Å². The van der Waals surface area contributed by atoms with Crippen LogP contribution in [-0.4, -0.2) is 48.0 Å². The summed E-state index contributed by atoms with van der Waals surface area (Å²) in [7, 11) is 0. The van der Waals surface area contributed by atoms with E-state index < -0.39 is 6.10 Å². The molecule has 0 aromatic carbocycles. The van der Waals surface area contributed by atoms with Crippen LogP contribution in [0.4, 0.5) is 0 Å². The second-order valence-corrected chi connectivity index (χ2v) is 5.87. The molecule has 0 aliphatic rings. The Morgan fingerprint density at radius 1 is 1.28 bits per heavy atom. The molecular formula is C13H28N2O3. The van der Waals surface area contributed by atoms with Gasteiger partial charge in [0.15, 0.2) is 0 Å². The first-order valence-electron chi connectivity index (χ1n) is 6.47. The van der Waals surface area contributed by atoms with E-state index in [1.54, 1.807) is 6.92 Å². The molecule has 18 heavy (non-hydrogen) atoms. The predicted octanol–water partition coefficient (Wildman–Crippen LogP) is 0.665. The normalized spacial score (nSPS) is 15.6. The maximum atomic E-state index is 11.6. The van der Waals surface area contributed by atoms with Crippen LogP contribution in [0.15, 0.2) is 0 Å². The van der Waals surface area contributed by atoms with Gasteiger partial charge in [0.05, 0.1) is 24.4 Å². The average Bonchev–Trinajstić information content (AvgIpc) is 2.20. The van der Waals surface area contributed by atoms with E-state index in [9.17, 15) is 9.90 Å². The number of aliphatic hydroxyl groups is 1. The van der Waals surface area contributed by atoms with Gasteiger partial charge in [-0.05, 0) is 41.5 Å². The number of hydrogen-bond donors (Lipinski definition) is 3. The Morgan fingerprint density at radius 3 is 2.28 bits per heavy atom. The quantitative estimate of drug-likeness (QED) is 0.629. The van der Waals surface area contributed by atoms with Crippen molar-refractivity contribution in [1.82, 2.24) is 10.6 Å². The highest BCUT2D eigenvalue weighted by atomic mass is 16.5. The van der Waals surface area contributed by atoms with Gasteiger partial charge in [0, 0.05) is 12.6 Å². The SMILES string of the molecule is CC(C)NC(=O)C(C)NCC(O)COC(C)(C)C. The highest BCUT2D eigenvalue weighted by Gasteiger charge is 2.17. The van der Waals surface area contributed by atoms with Gasteiger partial charge in [-0.25, -0.2) is 0 Å². The van der Waals surface area contributed by atoms with E-state index in [0.29, 0.717) is 6.54 Å². The monoisotopic (exact) mass is 260 g/mol. The van der Waals surface area contributed by atoms with Crippen LogP contribution >= 0.6 is 0 Å². The Morgan fingerprint density at radius 2 is 1.83 bits per heavy atom. The zero-order chi connectivity index (χ0) is 14.3. The van der Waals surface area contributed by atoms with E-state index in [1.165, 1.54) is 0 Å². The lowest BCUT2D eigenvalue weighted by atomic mass is 10.2. The van der Waals surface area contributed by atoms with Crippen molar-refractivity contribution >= 4 is 5.91 Å². The first kappa shape index (κ1) is 17.4. The van der Waals surface area contributed by atoms with Crippen molar-refractivity contribution in [2.75, 3.05) is 13.2 Å². The molecule has 0 heterocycles. The summed E-state index contributed by atoms with van der Waals surface area (Å²) in [6.45, 7) is 12.0. The van der Waals surface area contributed by atoms with Crippen LogP contribution in [0, 0.1) is 0 Å². The third-order valence-corrected chi connectivity index (χ3v) is 2.19. The Labute approximate surface area is 110 Å². The number of hydrogen-bond acceptors (Lipinski definition) is 4. The zero-order valence-corrected chi connectivity index (χ0v) is 12.4. The van der Waals surface area contributed by atoms with Gasteiger partial charge in [-0.15, -0.1) is 0 Å². The number of amides is 1. The van der Waals surface area contributed by atoms with E-state index in [2.05, 4.69) is 10.6 Å². The molecule has 0 rings (SSSR count). The largest absolute Gasteiger partial charge is 0.389 e. The molecule has 0 saturated heterocycles. The van der Waals surface area contributed by atoms with Gasteiger partial charge in [0.25, 0.3) is 0 Å². The summed E-state index contributed by atoms with van der Waals surface area (Å²) in [5.41, 5.74) is -0.262. The Hall–Kier alpha value is -0.650. The van der Waals surface area contributed by atoms with Gasteiger partial charge in [0.1, 0.15) is 0 Å². The lowest BCUT2D eigenvalue weighted by Gasteiger charge is -2.23. The van der Waals surface area contributed by atoms with Crippen LogP contribution in [-0.2, 0) is 9.53 Å². The number of nitrogens with one attached hydrogen (secondary N) is 2. The molecule has 0 aromatic heterocycles. The maximum Gasteiger partial charge on any atom is 0.237 e. The molecule has 0 aliphatic carbocycles. The summed E-state index contributed by atoms with van der Waals surface area (Å²) >= 11 is 0. The molecule has 0 saturated carbocycles. The summed E-state index contributed by atoms with van der Waals surface area (Å²) < 4.78 is 5.46. The second-order valence-electron chi connectivity index (χ2n) is 5.87. The third kappa shape index (κ3) is 9.39. The van der Waals surface area contributed by atoms with Gasteiger partial charge < -0.3 is 20.5 Å². The molecule has 0 fully saturated rings. The minimum atomic E-state index is -0.612. The standard InChI is InChI=1S/C13H28N2O3/c1-9(2)15-12(17)10(3)14-7-11(16)8-18-13(4,5)6/h9-11,14,16H,7-8H2,1-6H3,(H,15,17). The van der Waals surface area contributed by atoms with Crippen molar-refractivity contribution in [2.24, 2.45) is 0 Å². The zero-order valence-electron chi connectivity index (χ0n) is 12.4. The van der Waals surface area contributed by atoms with Gasteiger partial charge in [-0.2, -0.15) is 0 Å². The smallest absolute Gasteiger partial charge is 0.237 e. The van der Waals surface area contributed by atoms with E-state index >= 15 is 0 Å². The summed E-state index contributed by atoms with van der Waals surface area (Å²) in [5, 5.41) is 15.5. The van der Waals surface area contributed by atoms with Gasteiger partial charge in [0.2, 0.25) is 5.91 Å². The second kappa shape index (κ2) is 7.71. The third-order valence-electron chi connectivity index (χ3n) is 2.19. The van der Waals surface area contributed by atoms with Crippen LogP contribution in [0.25, 0.3) is 0 Å². The Balaban J connectivity index is 3.84. The van der Waals surface area contributed by atoms with E-state index in [-0.39, 0.29) is 30.2 Å². The van der Waals surface area contributed by atoms with Gasteiger partial charge >= 0.3 is 0 Å². The summed E-state index contributed by atoms with van der Waals surface area (Å²) in [6.07, 6.45) is -0.612. The fourth-order valence-corrected chi connectivity index (χ4v) is 1.22. The molecule has 2 atom stereocenters. The lowest BCUT2D eigenvalue weighted by Crippen LogP contribution is -2.47. The van der Waals surface area contributed by atoms with E-state index in [0.717, 1.165) is 0 Å². The number of aliphatic hydroxyl groups excluding tert-OH is 1. The van der Waals surface area contributed by atoms with Crippen molar-refractivity contribution in [3.05, 3.63) is 0 Å². The molecule has 0 radical (unpaired) electrons. The molecule has 3 N–H and O–H groups in total. The number of ether oxygens (including phenoxy) is 1. The molecule has 5 nitrogen and oxygen atoms in total. The minimum absolute atomic E-state index is 0.0612. The number of carbonyl (C=O) groups excluding carboxylic acids is 1. The van der Waals surface area contributed by atoms with Crippen molar-refractivity contribution in [1.29, 1.82) is 0 Å². The molecule has 0 bridgehead atoms. The topological polar surface area (TPSA) is 70.6 Å². The first-order valence-corrected chi connectivity index (χ1v) is 6.47. The van der Waals surface area contributed by atoms with Crippen molar-refractivity contribution in [3.63, 3.8) is 0 Å². The Kier molecular flexibility index (Phi) is 7.43. The Bertz CT molecular complexity index is 249. The lowest BCUT2D eigenvalue weighted by molar-refractivity contribution is -0.123. The average molecular weight is 260 g/mol. The number of rotatable bonds is 7. The molecule has 0 spiro atoms. The van der Waals surface area contributed by atoms with Gasteiger partial charge in [-0.3, -0.25) is 4.79 Å². The highest BCUT2D eigenvalue weighted by molar-refractivity contribution is 5.81. The summed E-state index contributed by atoms with van der Waals surface area (Å²) in [6, 6.07) is -0.201.